The fourth-order valence-electron chi connectivity index (χ4n) is 9.53. The third-order valence-electron chi connectivity index (χ3n) is 14.1. The molecule has 0 aliphatic carbocycles. The summed E-state index contributed by atoms with van der Waals surface area (Å²) in [5, 5.41) is 2.20. The van der Waals surface area contributed by atoms with Crippen LogP contribution in [0.3, 0.4) is 0 Å². The van der Waals surface area contributed by atoms with Crippen LogP contribution in [0.2, 0.25) is 0 Å². The zero-order valence-corrected chi connectivity index (χ0v) is 44.2. The Morgan fingerprint density at radius 1 is 0.500 bits per heavy atom. The van der Waals surface area contributed by atoms with Crippen molar-refractivity contribution in [3.63, 3.8) is 0 Å². The smallest absolute Gasteiger partial charge is 0.135 e. The molecule has 7 aromatic carbocycles. The molecule has 356 valence electrons. The molecule has 9 aromatic rings. The van der Waals surface area contributed by atoms with Crippen LogP contribution in [0.1, 0.15) is 108 Å². The van der Waals surface area contributed by atoms with Crippen LogP contribution in [0, 0.1) is 18.8 Å². The molecule has 6 heteroatoms. The summed E-state index contributed by atoms with van der Waals surface area (Å²) in [6.07, 6.45) is 4.17. The molecule has 0 spiro atoms. The summed E-state index contributed by atoms with van der Waals surface area (Å²) in [4.78, 5) is 9.52. The number of anilines is 2. The standard InChI is InChI=1S/C64H61N4O.Pt/c1-61(2,3)48-34-49(62(4,5)6)36-51(35-48)66-42-59(44-22-14-11-15-23-44)67(43-66)52-37-50(64(9,10)46-26-18-13-19-27-46)38-54(40-52)69-53-30-31-56-55-28-20-21-29-57(55)68(58(56)41-53)60-39-47(32-33-65-60)63(7,8)45-24-16-12-17-25-45;/h11-39,42-43H,1-10H3;/q-3;. The molecule has 0 saturated carbocycles. The Hall–Kier alpha value is -6.68. The SMILES string of the molecule is CC(C)(C)c1cc(N2C=C(c3ccccc3)N(c3[c-]c(Oc4[c-]c5c(cc4)c4ccccc4n5-c4cc(C(C)(C)c5ccccc5)ccn4)cc(C(C)(C)c4ccccc4)c3)[CH-]2)cc(C(C)(C)C)c1.[Pt]. The largest absolute Gasteiger partial charge is 0.509 e. The van der Waals surface area contributed by atoms with E-state index in [0.717, 1.165) is 55.8 Å². The summed E-state index contributed by atoms with van der Waals surface area (Å²) in [6.45, 7) is 25.0. The minimum Gasteiger partial charge on any atom is -0.509 e. The molecule has 10 rings (SSSR count). The normalized spacial score (nSPS) is 13.4. The number of rotatable bonds is 10. The Morgan fingerprint density at radius 3 is 1.71 bits per heavy atom. The average molecular weight is 1100 g/mol. The molecule has 0 amide bonds. The van der Waals surface area contributed by atoms with Crippen LogP contribution in [0.5, 0.6) is 11.5 Å². The molecular weight excluding hydrogens is 1040 g/mol. The van der Waals surface area contributed by atoms with Crippen molar-refractivity contribution >= 4 is 38.9 Å². The molecule has 5 nitrogen and oxygen atoms in total. The van der Waals surface area contributed by atoms with Crippen molar-refractivity contribution in [2.75, 3.05) is 9.80 Å². The zero-order valence-electron chi connectivity index (χ0n) is 41.9. The maximum atomic E-state index is 7.02. The minimum atomic E-state index is -0.383. The monoisotopic (exact) mass is 1100 g/mol. The van der Waals surface area contributed by atoms with Crippen LogP contribution in [-0.4, -0.2) is 9.55 Å². The molecule has 0 fully saturated rings. The molecule has 0 bridgehead atoms. The van der Waals surface area contributed by atoms with Crippen molar-refractivity contribution in [3.8, 4) is 17.3 Å². The predicted octanol–water partition coefficient (Wildman–Crippen LogP) is 16.3. The summed E-state index contributed by atoms with van der Waals surface area (Å²) in [6, 6.07) is 68.0. The van der Waals surface area contributed by atoms with Crippen molar-refractivity contribution in [1.82, 2.24) is 9.55 Å². The summed E-state index contributed by atoms with van der Waals surface area (Å²) in [7, 11) is 0. The topological polar surface area (TPSA) is 33.5 Å². The van der Waals surface area contributed by atoms with E-state index < -0.39 is 0 Å². The van der Waals surface area contributed by atoms with Crippen LogP contribution in [0.4, 0.5) is 11.4 Å². The Bertz CT molecular complexity index is 3320. The quantitative estimate of drug-likeness (QED) is 0.128. The fraction of sp³-hybridized carbons (Fsp3) is 0.219. The summed E-state index contributed by atoms with van der Waals surface area (Å²) in [5.74, 6) is 2.01. The molecule has 70 heavy (non-hydrogen) atoms. The van der Waals surface area contributed by atoms with Crippen LogP contribution in [0.15, 0.2) is 182 Å². The van der Waals surface area contributed by atoms with Gasteiger partial charge in [-0.15, -0.1) is 53.6 Å². The zero-order chi connectivity index (χ0) is 48.3. The van der Waals surface area contributed by atoms with Gasteiger partial charge < -0.3 is 19.1 Å². The van der Waals surface area contributed by atoms with E-state index >= 15 is 0 Å². The van der Waals surface area contributed by atoms with E-state index in [1.807, 2.05) is 12.3 Å². The van der Waals surface area contributed by atoms with Crippen molar-refractivity contribution in [1.29, 1.82) is 0 Å². The molecule has 0 N–H and O–H groups in total. The Kier molecular flexibility index (Phi) is 12.8. The van der Waals surface area contributed by atoms with Gasteiger partial charge in [0.05, 0.1) is 0 Å². The van der Waals surface area contributed by atoms with Gasteiger partial charge in [-0.05, 0) is 91.5 Å². The van der Waals surface area contributed by atoms with Gasteiger partial charge in [0.25, 0.3) is 0 Å². The van der Waals surface area contributed by atoms with E-state index in [-0.39, 0.29) is 42.7 Å². The van der Waals surface area contributed by atoms with Gasteiger partial charge in [-0.3, -0.25) is 0 Å². The second-order valence-electron chi connectivity index (χ2n) is 21.6. The Balaban J connectivity index is 0.00000608. The minimum absolute atomic E-state index is 0. The van der Waals surface area contributed by atoms with Gasteiger partial charge in [-0.25, -0.2) is 4.98 Å². The Morgan fingerprint density at radius 2 is 1.09 bits per heavy atom. The Labute approximate surface area is 429 Å². The van der Waals surface area contributed by atoms with Gasteiger partial charge in [0.15, 0.2) is 0 Å². The number of pyridine rings is 1. The van der Waals surface area contributed by atoms with E-state index in [1.54, 1.807) is 0 Å². The van der Waals surface area contributed by atoms with E-state index in [9.17, 15) is 0 Å². The van der Waals surface area contributed by atoms with Crippen LogP contribution in [-0.2, 0) is 42.7 Å². The van der Waals surface area contributed by atoms with Gasteiger partial charge >= 0.3 is 0 Å². The molecule has 1 aliphatic heterocycles. The third-order valence-corrected chi connectivity index (χ3v) is 14.1. The second kappa shape index (κ2) is 18.6. The van der Waals surface area contributed by atoms with Crippen LogP contribution < -0.4 is 14.5 Å². The molecular formula is C64H61N4OPt-3. The number of aromatic nitrogens is 2. The van der Waals surface area contributed by atoms with E-state index in [0.29, 0.717) is 11.5 Å². The van der Waals surface area contributed by atoms with Gasteiger partial charge in [-0.2, -0.15) is 6.07 Å². The number of fused-ring (bicyclic) bond motifs is 3. The average Bonchev–Trinajstić information content (AvgIpc) is 3.94. The van der Waals surface area contributed by atoms with Gasteiger partial charge in [0, 0.05) is 61.1 Å². The number of benzene rings is 7. The van der Waals surface area contributed by atoms with Gasteiger partial charge in [0.1, 0.15) is 5.82 Å². The van der Waals surface area contributed by atoms with Crippen molar-refractivity contribution in [2.45, 2.75) is 90.9 Å². The summed E-state index contributed by atoms with van der Waals surface area (Å²) >= 11 is 0. The first kappa shape index (κ1) is 48.3. The van der Waals surface area contributed by atoms with Gasteiger partial charge in [0.2, 0.25) is 0 Å². The van der Waals surface area contributed by atoms with Crippen molar-refractivity contribution in [3.05, 3.63) is 240 Å². The molecule has 0 unspecified atom stereocenters. The van der Waals surface area contributed by atoms with E-state index in [4.69, 9.17) is 9.72 Å². The maximum absolute atomic E-state index is 7.02. The number of ether oxygens (including phenoxy) is 1. The fourth-order valence-corrected chi connectivity index (χ4v) is 9.53. The maximum Gasteiger partial charge on any atom is 0.135 e. The third kappa shape index (κ3) is 9.25. The number of hydrogen-bond acceptors (Lipinski definition) is 4. The molecule has 0 saturated heterocycles. The molecule has 1 aliphatic rings. The number of hydrogen-bond donors (Lipinski definition) is 0. The first-order valence-corrected chi connectivity index (χ1v) is 24.1. The first-order chi connectivity index (χ1) is 32.9. The molecule has 0 radical (unpaired) electrons. The van der Waals surface area contributed by atoms with Gasteiger partial charge in [-0.1, -0.05) is 190 Å². The van der Waals surface area contributed by atoms with Crippen molar-refractivity contribution in [2.24, 2.45) is 0 Å². The van der Waals surface area contributed by atoms with E-state index in [1.165, 1.54) is 27.8 Å². The summed E-state index contributed by atoms with van der Waals surface area (Å²) < 4.78 is 9.24. The van der Waals surface area contributed by atoms with Crippen LogP contribution >= 0.6 is 0 Å². The second-order valence-corrected chi connectivity index (χ2v) is 21.6. The van der Waals surface area contributed by atoms with Crippen LogP contribution in [0.25, 0.3) is 33.3 Å². The molecule has 2 aromatic heterocycles. The van der Waals surface area contributed by atoms with E-state index in [2.05, 4.69) is 272 Å². The first-order valence-electron chi connectivity index (χ1n) is 24.1. The number of para-hydroxylation sites is 1. The molecule has 0 atom stereocenters. The predicted molar refractivity (Wildman–Crippen MR) is 287 cm³/mol. The summed E-state index contributed by atoms with van der Waals surface area (Å²) in [5.41, 5.74) is 12.7. The number of nitrogens with zero attached hydrogens (tertiary/aromatic N) is 4. The van der Waals surface area contributed by atoms with Crippen molar-refractivity contribution < 1.29 is 25.8 Å². The molecule has 3 heterocycles.